The molecule has 1 unspecified atom stereocenters. The average molecular weight is 276 g/mol. The predicted molar refractivity (Wildman–Crippen MR) is 66.4 cm³/mol. The van der Waals surface area contributed by atoms with Gasteiger partial charge < -0.3 is 0 Å². The van der Waals surface area contributed by atoms with Crippen molar-refractivity contribution in [3.05, 3.63) is 59.8 Å². The van der Waals surface area contributed by atoms with Crippen molar-refractivity contribution in [3.8, 4) is 6.07 Å². The number of rotatable bonds is 3. The van der Waals surface area contributed by atoms with Crippen LogP contribution in [0.15, 0.2) is 53.7 Å². The molecule has 0 aliphatic rings. The summed E-state index contributed by atoms with van der Waals surface area (Å²) < 4.78 is 38.1. The van der Waals surface area contributed by atoms with E-state index in [0.29, 0.717) is 5.56 Å². The number of benzene rings is 1. The normalized spacial score (nSPS) is 12.6. The van der Waals surface area contributed by atoms with E-state index < -0.39 is 15.3 Å². The van der Waals surface area contributed by atoms with Gasteiger partial charge in [-0.25, -0.2) is 17.8 Å². The Bertz CT molecular complexity index is 707. The topological polar surface area (TPSA) is 70.8 Å². The second-order valence-electron chi connectivity index (χ2n) is 3.76. The molecule has 1 atom stereocenters. The van der Waals surface area contributed by atoms with Crippen LogP contribution in [0.4, 0.5) is 4.39 Å². The number of sulfone groups is 1. The molecule has 1 heterocycles. The van der Waals surface area contributed by atoms with Crippen molar-refractivity contribution in [1.82, 2.24) is 4.98 Å². The molecular weight excluding hydrogens is 267 g/mol. The molecule has 2 aromatic rings. The van der Waals surface area contributed by atoms with E-state index in [2.05, 4.69) is 4.98 Å². The Labute approximate surface area is 110 Å². The molecule has 96 valence electrons. The summed E-state index contributed by atoms with van der Waals surface area (Å²) >= 11 is 0. The maximum Gasteiger partial charge on any atom is 0.231 e. The van der Waals surface area contributed by atoms with Gasteiger partial charge in [-0.2, -0.15) is 5.26 Å². The smallest absolute Gasteiger partial charge is 0.231 e. The van der Waals surface area contributed by atoms with Crippen molar-refractivity contribution in [2.45, 2.75) is 10.5 Å². The summed E-state index contributed by atoms with van der Waals surface area (Å²) in [7, 11) is -4.17. The van der Waals surface area contributed by atoms with Crippen LogP contribution in [0.2, 0.25) is 0 Å². The van der Waals surface area contributed by atoms with Gasteiger partial charge in [-0.05, 0) is 24.3 Å². The Morgan fingerprint density at radius 3 is 2.37 bits per heavy atom. The molecule has 0 amide bonds. The number of nitriles is 1. The highest BCUT2D eigenvalue weighted by Crippen LogP contribution is 2.28. The van der Waals surface area contributed by atoms with Gasteiger partial charge in [-0.1, -0.05) is 18.2 Å². The van der Waals surface area contributed by atoms with Crippen molar-refractivity contribution in [1.29, 1.82) is 5.26 Å². The third kappa shape index (κ3) is 2.61. The van der Waals surface area contributed by atoms with E-state index in [9.17, 15) is 12.8 Å². The molecule has 0 N–H and O–H groups in total. The molecule has 0 saturated heterocycles. The van der Waals surface area contributed by atoms with Gasteiger partial charge >= 0.3 is 0 Å². The summed E-state index contributed by atoms with van der Waals surface area (Å²) in [6, 6.07) is 11.5. The van der Waals surface area contributed by atoms with Gasteiger partial charge in [0.1, 0.15) is 0 Å². The van der Waals surface area contributed by atoms with E-state index >= 15 is 0 Å². The van der Waals surface area contributed by atoms with Crippen LogP contribution < -0.4 is 0 Å². The molecule has 0 fully saturated rings. The van der Waals surface area contributed by atoms with Gasteiger partial charge in [0, 0.05) is 11.8 Å². The summed E-state index contributed by atoms with van der Waals surface area (Å²) in [6.07, 6.45) is 1.29. The summed E-state index contributed by atoms with van der Waals surface area (Å²) in [4.78, 5) is 3.65. The fraction of sp³-hybridized carbons (Fsp3) is 0.0769. The third-order valence-corrected chi connectivity index (χ3v) is 4.15. The van der Waals surface area contributed by atoms with E-state index in [1.807, 2.05) is 6.07 Å². The van der Waals surface area contributed by atoms with Crippen LogP contribution in [-0.2, 0) is 9.84 Å². The predicted octanol–water partition coefficient (Wildman–Crippen LogP) is 2.40. The number of halogens is 1. The van der Waals surface area contributed by atoms with Gasteiger partial charge in [0.15, 0.2) is 5.03 Å². The van der Waals surface area contributed by atoms with E-state index in [0.717, 1.165) is 0 Å². The fourth-order valence-corrected chi connectivity index (χ4v) is 2.71. The van der Waals surface area contributed by atoms with E-state index in [1.165, 1.54) is 42.6 Å². The van der Waals surface area contributed by atoms with Gasteiger partial charge in [0.25, 0.3) is 0 Å². The number of hydrogen-bond acceptors (Lipinski definition) is 4. The molecule has 2 rings (SSSR count). The quantitative estimate of drug-likeness (QED) is 0.863. The Kier molecular flexibility index (Phi) is 3.58. The van der Waals surface area contributed by atoms with Crippen LogP contribution in [0.5, 0.6) is 0 Å². The third-order valence-electron chi connectivity index (χ3n) is 2.50. The van der Waals surface area contributed by atoms with Crippen LogP contribution in [0.1, 0.15) is 16.6 Å². The Morgan fingerprint density at radius 1 is 1.16 bits per heavy atom. The Morgan fingerprint density at radius 2 is 1.84 bits per heavy atom. The molecule has 6 heteroatoms. The molecule has 0 aliphatic heterocycles. The monoisotopic (exact) mass is 276 g/mol. The van der Waals surface area contributed by atoms with E-state index in [-0.39, 0.29) is 10.6 Å². The maximum absolute atomic E-state index is 14.1. The van der Waals surface area contributed by atoms with E-state index in [4.69, 9.17) is 5.26 Å². The number of aromatic nitrogens is 1. The first kappa shape index (κ1) is 13.2. The zero-order valence-corrected chi connectivity index (χ0v) is 10.5. The fourth-order valence-electron chi connectivity index (χ4n) is 1.51. The standard InChI is InChI=1S/C13H9FN2O2S/c14-13(11-6-4-10(9-15)5-7-11)19(17,18)12-3-1-2-8-16-12/h1-8,13H. The minimum absolute atomic E-state index is 0.0235. The van der Waals surface area contributed by atoms with Crippen LogP contribution in [0.25, 0.3) is 0 Å². The van der Waals surface area contributed by atoms with Crippen LogP contribution >= 0.6 is 0 Å². The minimum atomic E-state index is -4.17. The number of hydrogen-bond donors (Lipinski definition) is 0. The maximum atomic E-state index is 14.1. The zero-order valence-electron chi connectivity index (χ0n) is 9.69. The lowest BCUT2D eigenvalue weighted by atomic mass is 10.2. The SMILES string of the molecule is N#Cc1ccc(C(F)S(=O)(=O)c2ccccn2)cc1. The zero-order chi connectivity index (χ0) is 13.9. The summed E-state index contributed by atoms with van der Waals surface area (Å²) in [5, 5.41) is 8.32. The number of nitrogens with zero attached hydrogens (tertiary/aromatic N) is 2. The first-order valence-electron chi connectivity index (χ1n) is 5.35. The van der Waals surface area contributed by atoms with Gasteiger partial charge in [0.2, 0.25) is 15.3 Å². The van der Waals surface area contributed by atoms with Gasteiger partial charge in [0.05, 0.1) is 11.6 Å². The molecule has 0 bridgehead atoms. The first-order valence-corrected chi connectivity index (χ1v) is 6.89. The van der Waals surface area contributed by atoms with Gasteiger partial charge in [-0.3, -0.25) is 0 Å². The lowest BCUT2D eigenvalue weighted by molar-refractivity contribution is 0.429. The van der Waals surface area contributed by atoms with Crippen LogP contribution in [0.3, 0.4) is 0 Å². The number of pyridine rings is 1. The van der Waals surface area contributed by atoms with Gasteiger partial charge in [-0.15, -0.1) is 0 Å². The van der Waals surface area contributed by atoms with Crippen molar-refractivity contribution in [2.75, 3.05) is 0 Å². The lowest BCUT2D eigenvalue weighted by Crippen LogP contribution is -2.11. The second-order valence-corrected chi connectivity index (χ2v) is 5.69. The van der Waals surface area contributed by atoms with E-state index in [1.54, 1.807) is 6.07 Å². The average Bonchev–Trinajstić information content (AvgIpc) is 2.47. The first-order chi connectivity index (χ1) is 9.05. The molecule has 0 spiro atoms. The molecule has 1 aromatic heterocycles. The van der Waals surface area contributed by atoms with Crippen LogP contribution in [0, 0.1) is 11.3 Å². The number of alkyl halides is 1. The molecule has 4 nitrogen and oxygen atoms in total. The Hall–Kier alpha value is -2.26. The molecule has 19 heavy (non-hydrogen) atoms. The molecule has 1 aromatic carbocycles. The molecule has 0 aliphatic carbocycles. The second kappa shape index (κ2) is 5.16. The van der Waals surface area contributed by atoms with Crippen molar-refractivity contribution in [3.63, 3.8) is 0 Å². The summed E-state index contributed by atoms with van der Waals surface area (Å²) in [5.41, 5.74) is -1.88. The Balaban J connectivity index is 2.38. The lowest BCUT2D eigenvalue weighted by Gasteiger charge is -2.09. The molecule has 0 saturated carbocycles. The van der Waals surface area contributed by atoms with Crippen molar-refractivity contribution >= 4 is 9.84 Å². The largest absolute Gasteiger partial charge is 0.245 e. The molecular formula is C13H9FN2O2S. The van der Waals surface area contributed by atoms with Crippen molar-refractivity contribution < 1.29 is 12.8 Å². The summed E-state index contributed by atoms with van der Waals surface area (Å²) in [5.74, 6) is 0. The minimum Gasteiger partial charge on any atom is -0.245 e. The highest BCUT2D eigenvalue weighted by atomic mass is 32.2. The molecule has 0 radical (unpaired) electrons. The summed E-state index contributed by atoms with van der Waals surface area (Å²) in [6.45, 7) is 0. The van der Waals surface area contributed by atoms with Crippen LogP contribution in [-0.4, -0.2) is 13.4 Å². The van der Waals surface area contributed by atoms with Crippen molar-refractivity contribution in [2.24, 2.45) is 0 Å². The highest BCUT2D eigenvalue weighted by molar-refractivity contribution is 7.91. The highest BCUT2D eigenvalue weighted by Gasteiger charge is 2.29.